The molecule has 3 aromatic rings. The first kappa shape index (κ1) is 13.9. The summed E-state index contributed by atoms with van der Waals surface area (Å²) in [5.41, 5.74) is 2.28. The van der Waals surface area contributed by atoms with Gasteiger partial charge in [0.1, 0.15) is 5.69 Å². The van der Waals surface area contributed by atoms with Gasteiger partial charge in [-0.15, -0.1) is 5.10 Å². The van der Waals surface area contributed by atoms with Gasteiger partial charge in [0.15, 0.2) is 5.69 Å². The van der Waals surface area contributed by atoms with E-state index in [1.165, 1.54) is 0 Å². The molecule has 0 amide bonds. The fourth-order valence-corrected chi connectivity index (χ4v) is 2.28. The second-order valence-corrected chi connectivity index (χ2v) is 4.79. The molecule has 0 aliphatic rings. The molecule has 0 saturated carbocycles. The molecule has 3 rings (SSSR count). The van der Waals surface area contributed by atoms with Crippen molar-refractivity contribution in [2.24, 2.45) is 0 Å². The van der Waals surface area contributed by atoms with Crippen LogP contribution >= 0.6 is 0 Å². The molecule has 2 heterocycles. The van der Waals surface area contributed by atoms with Crippen LogP contribution in [0, 0.1) is 0 Å². The highest BCUT2D eigenvalue weighted by atomic mass is 16.4. The normalized spacial score (nSPS) is 10.5. The average molecular weight is 294 g/mol. The van der Waals surface area contributed by atoms with E-state index >= 15 is 0 Å². The van der Waals surface area contributed by atoms with Crippen molar-refractivity contribution in [1.29, 1.82) is 0 Å². The first-order chi connectivity index (χ1) is 10.8. The molecular formula is C16H14N4O2. The van der Waals surface area contributed by atoms with E-state index in [1.54, 1.807) is 29.2 Å². The molecule has 0 spiro atoms. The highest BCUT2D eigenvalue weighted by Crippen LogP contribution is 2.21. The van der Waals surface area contributed by atoms with Gasteiger partial charge in [0, 0.05) is 24.5 Å². The Bertz CT molecular complexity index is 769. The van der Waals surface area contributed by atoms with E-state index in [-0.39, 0.29) is 5.69 Å². The standard InChI is InChI=1S/C16H14N4O2/c21-16(22)14-15(13-7-4-9-17-11-13)20(19-18-14)10-8-12-5-2-1-3-6-12/h1-7,9,11H,8,10H2,(H,21,22). The lowest BCUT2D eigenvalue weighted by Crippen LogP contribution is -2.07. The molecular weight excluding hydrogens is 280 g/mol. The van der Waals surface area contributed by atoms with Crippen LogP contribution in [0.4, 0.5) is 0 Å². The van der Waals surface area contributed by atoms with E-state index in [2.05, 4.69) is 15.3 Å². The zero-order chi connectivity index (χ0) is 15.4. The van der Waals surface area contributed by atoms with Crippen molar-refractivity contribution in [2.75, 3.05) is 0 Å². The van der Waals surface area contributed by atoms with Crippen LogP contribution in [0.2, 0.25) is 0 Å². The fraction of sp³-hybridized carbons (Fsp3) is 0.125. The Morgan fingerprint density at radius 2 is 1.95 bits per heavy atom. The molecule has 0 bridgehead atoms. The van der Waals surface area contributed by atoms with Crippen molar-refractivity contribution in [1.82, 2.24) is 20.0 Å². The van der Waals surface area contributed by atoms with Crippen LogP contribution in [0.25, 0.3) is 11.3 Å². The maximum atomic E-state index is 11.3. The van der Waals surface area contributed by atoms with Gasteiger partial charge in [-0.3, -0.25) is 4.98 Å². The third kappa shape index (κ3) is 2.85. The molecule has 22 heavy (non-hydrogen) atoms. The van der Waals surface area contributed by atoms with Crippen LogP contribution in [0.1, 0.15) is 16.1 Å². The van der Waals surface area contributed by atoms with Crippen molar-refractivity contribution in [2.45, 2.75) is 13.0 Å². The van der Waals surface area contributed by atoms with E-state index < -0.39 is 5.97 Å². The molecule has 6 nitrogen and oxygen atoms in total. The first-order valence-corrected chi connectivity index (χ1v) is 6.87. The SMILES string of the molecule is O=C(O)c1nnn(CCc2ccccc2)c1-c1cccnc1. The number of benzene rings is 1. The van der Waals surface area contributed by atoms with Crippen LogP contribution in [0.3, 0.4) is 0 Å². The fourth-order valence-electron chi connectivity index (χ4n) is 2.28. The molecule has 0 aliphatic carbocycles. The lowest BCUT2D eigenvalue weighted by atomic mass is 10.1. The monoisotopic (exact) mass is 294 g/mol. The molecule has 0 unspecified atom stereocenters. The minimum absolute atomic E-state index is 0.0546. The van der Waals surface area contributed by atoms with E-state index in [1.807, 2.05) is 30.3 Å². The Morgan fingerprint density at radius 1 is 1.14 bits per heavy atom. The van der Waals surface area contributed by atoms with Gasteiger partial charge in [0.05, 0.1) is 0 Å². The Kier molecular flexibility index (Phi) is 3.91. The summed E-state index contributed by atoms with van der Waals surface area (Å²) in [7, 11) is 0. The van der Waals surface area contributed by atoms with E-state index in [0.29, 0.717) is 17.8 Å². The topological polar surface area (TPSA) is 80.9 Å². The lowest BCUT2D eigenvalue weighted by molar-refractivity contribution is 0.0691. The van der Waals surface area contributed by atoms with Gasteiger partial charge in [-0.1, -0.05) is 35.5 Å². The predicted molar refractivity (Wildman–Crippen MR) is 80.4 cm³/mol. The van der Waals surface area contributed by atoms with Gasteiger partial charge in [-0.2, -0.15) is 0 Å². The maximum absolute atomic E-state index is 11.3. The van der Waals surface area contributed by atoms with Gasteiger partial charge in [0.2, 0.25) is 0 Å². The Morgan fingerprint density at radius 3 is 2.64 bits per heavy atom. The minimum Gasteiger partial charge on any atom is -0.476 e. The van der Waals surface area contributed by atoms with Crippen LogP contribution in [-0.2, 0) is 13.0 Å². The molecule has 0 radical (unpaired) electrons. The summed E-state index contributed by atoms with van der Waals surface area (Å²) < 4.78 is 1.62. The van der Waals surface area contributed by atoms with Gasteiger partial charge < -0.3 is 5.11 Å². The largest absolute Gasteiger partial charge is 0.476 e. The van der Waals surface area contributed by atoms with Gasteiger partial charge in [-0.05, 0) is 24.1 Å². The molecule has 0 fully saturated rings. The Balaban J connectivity index is 1.93. The van der Waals surface area contributed by atoms with Crippen LogP contribution in [0.15, 0.2) is 54.9 Å². The number of hydrogen-bond acceptors (Lipinski definition) is 4. The van der Waals surface area contributed by atoms with Gasteiger partial charge >= 0.3 is 5.97 Å². The number of hydrogen-bond donors (Lipinski definition) is 1. The van der Waals surface area contributed by atoms with E-state index in [4.69, 9.17) is 0 Å². The molecule has 1 aromatic carbocycles. The zero-order valence-electron chi connectivity index (χ0n) is 11.8. The summed E-state index contributed by atoms with van der Waals surface area (Å²) >= 11 is 0. The molecule has 2 aromatic heterocycles. The van der Waals surface area contributed by atoms with Crippen molar-refractivity contribution < 1.29 is 9.90 Å². The number of rotatable bonds is 5. The summed E-state index contributed by atoms with van der Waals surface area (Å²) in [6, 6.07) is 13.5. The second-order valence-electron chi connectivity index (χ2n) is 4.79. The smallest absolute Gasteiger partial charge is 0.358 e. The Hall–Kier alpha value is -3.02. The van der Waals surface area contributed by atoms with Crippen molar-refractivity contribution in [3.8, 4) is 11.3 Å². The predicted octanol–water partition coefficient (Wildman–Crippen LogP) is 2.28. The lowest BCUT2D eigenvalue weighted by Gasteiger charge is -2.07. The van der Waals surface area contributed by atoms with Crippen molar-refractivity contribution in [3.05, 3.63) is 66.1 Å². The quantitative estimate of drug-likeness (QED) is 0.780. The number of aromatic carboxylic acids is 1. The van der Waals surface area contributed by atoms with E-state index in [0.717, 1.165) is 12.0 Å². The number of pyridine rings is 1. The summed E-state index contributed by atoms with van der Waals surface area (Å²) in [5.74, 6) is -1.09. The third-order valence-electron chi connectivity index (χ3n) is 3.33. The average Bonchev–Trinajstić information content (AvgIpc) is 2.99. The number of carboxylic acid groups (broad SMARTS) is 1. The summed E-state index contributed by atoms with van der Waals surface area (Å²) in [5, 5.41) is 17.1. The number of carboxylic acids is 1. The molecule has 0 atom stereocenters. The molecule has 0 saturated heterocycles. The zero-order valence-corrected chi connectivity index (χ0v) is 11.8. The second kappa shape index (κ2) is 6.17. The number of carbonyl (C=O) groups is 1. The highest BCUT2D eigenvalue weighted by molar-refractivity contribution is 5.92. The Labute approximate surface area is 127 Å². The van der Waals surface area contributed by atoms with Crippen LogP contribution in [-0.4, -0.2) is 31.1 Å². The van der Waals surface area contributed by atoms with E-state index in [9.17, 15) is 9.90 Å². The molecule has 1 N–H and O–H groups in total. The van der Waals surface area contributed by atoms with Crippen LogP contribution < -0.4 is 0 Å². The number of nitrogens with zero attached hydrogens (tertiary/aromatic N) is 4. The summed E-state index contributed by atoms with van der Waals surface area (Å²) in [6.45, 7) is 0.550. The van der Waals surface area contributed by atoms with Gasteiger partial charge in [0.25, 0.3) is 0 Å². The number of aryl methyl sites for hydroxylation is 2. The van der Waals surface area contributed by atoms with Crippen molar-refractivity contribution in [3.63, 3.8) is 0 Å². The minimum atomic E-state index is -1.09. The third-order valence-corrected chi connectivity index (χ3v) is 3.33. The summed E-state index contributed by atoms with van der Waals surface area (Å²) in [6.07, 6.45) is 4.00. The molecule has 0 aliphatic heterocycles. The summed E-state index contributed by atoms with van der Waals surface area (Å²) in [4.78, 5) is 15.4. The molecule has 6 heteroatoms. The van der Waals surface area contributed by atoms with Gasteiger partial charge in [-0.25, -0.2) is 9.48 Å². The molecule has 110 valence electrons. The first-order valence-electron chi connectivity index (χ1n) is 6.87. The van der Waals surface area contributed by atoms with Crippen molar-refractivity contribution >= 4 is 5.97 Å². The number of aromatic nitrogens is 4. The van der Waals surface area contributed by atoms with Crippen LogP contribution in [0.5, 0.6) is 0 Å². The highest BCUT2D eigenvalue weighted by Gasteiger charge is 2.20. The maximum Gasteiger partial charge on any atom is 0.358 e.